The molecule has 6 nitrogen and oxygen atoms in total. The average Bonchev–Trinajstić information content (AvgIpc) is 3.28. The maximum absolute atomic E-state index is 12.6. The number of ether oxygens (including phenoxy) is 1. The molecule has 0 aliphatic heterocycles. The van der Waals surface area contributed by atoms with Crippen molar-refractivity contribution in [3.63, 3.8) is 0 Å². The van der Waals surface area contributed by atoms with Gasteiger partial charge in [0.15, 0.2) is 5.76 Å². The van der Waals surface area contributed by atoms with Crippen LogP contribution in [0.3, 0.4) is 0 Å². The van der Waals surface area contributed by atoms with Gasteiger partial charge in [-0.2, -0.15) is 0 Å². The number of carbonyl (C=O) groups is 1. The van der Waals surface area contributed by atoms with E-state index in [1.807, 2.05) is 59.3 Å². The molecule has 1 heterocycles. The van der Waals surface area contributed by atoms with Gasteiger partial charge in [0.1, 0.15) is 22.0 Å². The largest absolute Gasteiger partial charge is 0.457 e. The van der Waals surface area contributed by atoms with Crippen LogP contribution in [0.1, 0.15) is 10.6 Å². The Kier molecular flexibility index (Phi) is 6.45. The summed E-state index contributed by atoms with van der Waals surface area (Å²) in [6.45, 7) is 0. The number of benzene rings is 4. The van der Waals surface area contributed by atoms with Gasteiger partial charge in [0, 0.05) is 16.5 Å². The van der Waals surface area contributed by atoms with Crippen molar-refractivity contribution < 1.29 is 22.4 Å². The van der Waals surface area contributed by atoms with Crippen LogP contribution >= 0.6 is 23.2 Å². The van der Waals surface area contributed by atoms with Gasteiger partial charge < -0.3 is 9.15 Å². The molecule has 1 N–H and O–H groups in total. The standard InChI is InChI=1S/C27H17Cl2NO5S/c28-20-9-13-26(23(29)15-20)36(32,33)30-27(31)25-14-19-8-12-22(16-24(19)35-25)34-21-10-6-18(7-11-21)17-4-2-1-3-5-17/h1-16H,(H,30,31). The highest BCUT2D eigenvalue weighted by Crippen LogP contribution is 2.30. The van der Waals surface area contributed by atoms with Crippen LogP contribution in [0.4, 0.5) is 0 Å². The Labute approximate surface area is 217 Å². The topological polar surface area (TPSA) is 85.6 Å². The van der Waals surface area contributed by atoms with E-state index in [9.17, 15) is 13.2 Å². The van der Waals surface area contributed by atoms with Crippen molar-refractivity contribution in [3.05, 3.63) is 113 Å². The SMILES string of the molecule is O=C(NS(=O)(=O)c1ccc(Cl)cc1Cl)c1cc2ccc(Oc3ccc(-c4ccccc4)cc3)cc2o1. The molecule has 5 rings (SSSR count). The van der Waals surface area contributed by atoms with E-state index in [2.05, 4.69) is 0 Å². The molecule has 0 radical (unpaired) electrons. The quantitative estimate of drug-likeness (QED) is 0.245. The van der Waals surface area contributed by atoms with E-state index in [4.69, 9.17) is 32.4 Å². The molecule has 1 amide bonds. The summed E-state index contributed by atoms with van der Waals surface area (Å²) >= 11 is 11.8. The summed E-state index contributed by atoms with van der Waals surface area (Å²) in [6, 6.07) is 28.0. The van der Waals surface area contributed by atoms with Crippen LogP contribution in [-0.2, 0) is 10.0 Å². The minimum absolute atomic E-state index is 0.106. The molecule has 9 heteroatoms. The number of furan rings is 1. The molecule has 0 saturated carbocycles. The molecule has 180 valence electrons. The van der Waals surface area contributed by atoms with Gasteiger partial charge in [0.05, 0.1) is 5.02 Å². The molecule has 0 atom stereocenters. The number of nitrogens with one attached hydrogen (secondary N) is 1. The van der Waals surface area contributed by atoms with E-state index in [0.717, 1.165) is 11.1 Å². The Morgan fingerprint density at radius 2 is 1.47 bits per heavy atom. The summed E-state index contributed by atoms with van der Waals surface area (Å²) < 4.78 is 38.7. The molecule has 0 bridgehead atoms. The molecule has 5 aromatic rings. The van der Waals surface area contributed by atoms with Crippen molar-refractivity contribution >= 4 is 50.1 Å². The predicted octanol–water partition coefficient (Wildman–Crippen LogP) is 7.32. The van der Waals surface area contributed by atoms with Crippen molar-refractivity contribution in [3.8, 4) is 22.6 Å². The Balaban J connectivity index is 1.32. The first-order chi connectivity index (χ1) is 17.3. The second-order valence-corrected chi connectivity index (χ2v) is 10.3. The third kappa shape index (κ3) is 5.09. The molecular weight excluding hydrogens is 521 g/mol. The number of rotatable bonds is 6. The molecule has 1 aromatic heterocycles. The normalized spacial score (nSPS) is 11.4. The third-order valence-electron chi connectivity index (χ3n) is 5.32. The predicted molar refractivity (Wildman–Crippen MR) is 139 cm³/mol. The van der Waals surface area contributed by atoms with Gasteiger partial charge in [-0.3, -0.25) is 4.79 Å². The van der Waals surface area contributed by atoms with Gasteiger partial charge in [-0.25, -0.2) is 13.1 Å². The van der Waals surface area contributed by atoms with Crippen LogP contribution < -0.4 is 9.46 Å². The minimum Gasteiger partial charge on any atom is -0.457 e. The number of amides is 1. The number of sulfonamides is 1. The number of fused-ring (bicyclic) bond motifs is 1. The van der Waals surface area contributed by atoms with Crippen molar-refractivity contribution in [2.45, 2.75) is 4.90 Å². The zero-order valence-corrected chi connectivity index (χ0v) is 20.8. The smallest absolute Gasteiger partial charge is 0.300 e. The van der Waals surface area contributed by atoms with Crippen molar-refractivity contribution in [2.24, 2.45) is 0 Å². The van der Waals surface area contributed by atoms with Crippen LogP contribution in [0.15, 0.2) is 106 Å². The number of halogens is 2. The molecule has 0 saturated heterocycles. The molecule has 0 aliphatic rings. The Bertz CT molecular complexity index is 1680. The van der Waals surface area contributed by atoms with Crippen LogP contribution in [0.5, 0.6) is 11.5 Å². The average molecular weight is 538 g/mol. The van der Waals surface area contributed by atoms with Crippen molar-refractivity contribution in [2.75, 3.05) is 0 Å². The van der Waals surface area contributed by atoms with E-state index in [0.29, 0.717) is 22.5 Å². The Hall–Kier alpha value is -3.78. The summed E-state index contributed by atoms with van der Waals surface area (Å²) in [5.74, 6) is 0.0144. The Morgan fingerprint density at radius 3 is 2.19 bits per heavy atom. The summed E-state index contributed by atoms with van der Waals surface area (Å²) in [4.78, 5) is 12.4. The summed E-state index contributed by atoms with van der Waals surface area (Å²) in [5, 5.41) is 0.771. The van der Waals surface area contributed by atoms with Gasteiger partial charge in [0.25, 0.3) is 10.0 Å². The van der Waals surface area contributed by atoms with Gasteiger partial charge in [0.2, 0.25) is 0 Å². The fraction of sp³-hybridized carbons (Fsp3) is 0. The Morgan fingerprint density at radius 1 is 0.778 bits per heavy atom. The molecule has 0 spiro atoms. The lowest BCUT2D eigenvalue weighted by Crippen LogP contribution is -2.30. The molecule has 4 aromatic carbocycles. The number of hydrogen-bond donors (Lipinski definition) is 1. The minimum atomic E-state index is -4.24. The van der Waals surface area contributed by atoms with E-state index < -0.39 is 15.9 Å². The summed E-state index contributed by atoms with van der Waals surface area (Å²) in [7, 11) is -4.24. The molecule has 0 unspecified atom stereocenters. The second-order valence-electron chi connectivity index (χ2n) is 7.81. The highest BCUT2D eigenvalue weighted by Gasteiger charge is 2.24. The van der Waals surface area contributed by atoms with E-state index in [1.54, 1.807) is 18.2 Å². The first-order valence-corrected chi connectivity index (χ1v) is 12.9. The van der Waals surface area contributed by atoms with Gasteiger partial charge >= 0.3 is 5.91 Å². The zero-order chi connectivity index (χ0) is 25.3. The highest BCUT2D eigenvalue weighted by atomic mass is 35.5. The maximum Gasteiger partial charge on any atom is 0.300 e. The molecular formula is C27H17Cl2NO5S. The molecule has 36 heavy (non-hydrogen) atoms. The monoisotopic (exact) mass is 537 g/mol. The summed E-state index contributed by atoms with van der Waals surface area (Å²) in [6.07, 6.45) is 0. The second kappa shape index (κ2) is 9.70. The van der Waals surface area contributed by atoms with Crippen LogP contribution in [0.2, 0.25) is 10.0 Å². The van der Waals surface area contributed by atoms with Gasteiger partial charge in [-0.15, -0.1) is 0 Å². The summed E-state index contributed by atoms with van der Waals surface area (Å²) in [5.41, 5.74) is 2.53. The molecule has 0 fully saturated rings. The van der Waals surface area contributed by atoms with Gasteiger partial charge in [-0.05, 0) is 59.7 Å². The third-order valence-corrected chi connectivity index (χ3v) is 7.37. The number of hydrogen-bond acceptors (Lipinski definition) is 5. The lowest BCUT2D eigenvalue weighted by atomic mass is 10.1. The molecule has 0 aliphatic carbocycles. The maximum atomic E-state index is 12.6. The van der Waals surface area contributed by atoms with E-state index in [-0.39, 0.29) is 20.7 Å². The fourth-order valence-corrected chi connectivity index (χ4v) is 5.32. The lowest BCUT2D eigenvalue weighted by Gasteiger charge is -2.07. The fourth-order valence-electron chi connectivity index (χ4n) is 3.59. The zero-order valence-electron chi connectivity index (χ0n) is 18.4. The van der Waals surface area contributed by atoms with Crippen LogP contribution in [-0.4, -0.2) is 14.3 Å². The lowest BCUT2D eigenvalue weighted by molar-refractivity contribution is 0.0956. The van der Waals surface area contributed by atoms with Crippen molar-refractivity contribution in [1.29, 1.82) is 0 Å². The van der Waals surface area contributed by atoms with Crippen molar-refractivity contribution in [1.82, 2.24) is 4.72 Å². The van der Waals surface area contributed by atoms with Gasteiger partial charge in [-0.1, -0.05) is 65.7 Å². The first-order valence-electron chi connectivity index (χ1n) is 10.7. The number of carbonyl (C=O) groups excluding carboxylic acids is 1. The first kappa shape index (κ1) is 23.9. The van der Waals surface area contributed by atoms with Crippen LogP contribution in [0, 0.1) is 0 Å². The highest BCUT2D eigenvalue weighted by molar-refractivity contribution is 7.90. The van der Waals surface area contributed by atoms with E-state index in [1.165, 1.54) is 24.3 Å². The van der Waals surface area contributed by atoms with Crippen LogP contribution in [0.25, 0.3) is 22.1 Å². The van der Waals surface area contributed by atoms with E-state index >= 15 is 0 Å².